The quantitative estimate of drug-likeness (QED) is 0.509. The van der Waals surface area contributed by atoms with E-state index in [1.54, 1.807) is 33.5 Å². The van der Waals surface area contributed by atoms with Crippen LogP contribution in [0.25, 0.3) is 0 Å². The summed E-state index contributed by atoms with van der Waals surface area (Å²) in [6.45, 7) is 3.70. The van der Waals surface area contributed by atoms with E-state index in [0.29, 0.717) is 28.9 Å². The highest BCUT2D eigenvalue weighted by Gasteiger charge is 2.35. The van der Waals surface area contributed by atoms with Gasteiger partial charge in [-0.2, -0.15) is 0 Å². The molecular weight excluding hydrogens is 468 g/mol. The standard InChI is InChI=1S/C26H35ClN4O4/c1-33-23-13-20(14-24(34-2)25(23)35-3)29-26(32)30-21-15-28-16-22(21)31-10-8-18(9-11-31)12-17-4-6-19(27)7-5-17/h4-7,13-14,18,21-22,28H,8-12,15-16H2,1-3H3,(H2,29,30,32)/t21-,22-/m0/s1. The topological polar surface area (TPSA) is 84.1 Å². The molecule has 4 rings (SSSR count). The molecule has 2 aromatic rings. The van der Waals surface area contributed by atoms with E-state index >= 15 is 0 Å². The molecule has 0 bridgehead atoms. The van der Waals surface area contributed by atoms with Gasteiger partial charge >= 0.3 is 6.03 Å². The lowest BCUT2D eigenvalue weighted by Gasteiger charge is -2.38. The first kappa shape index (κ1) is 25.4. The van der Waals surface area contributed by atoms with Crippen LogP contribution in [0.2, 0.25) is 5.02 Å². The van der Waals surface area contributed by atoms with Crippen LogP contribution in [-0.2, 0) is 6.42 Å². The molecule has 35 heavy (non-hydrogen) atoms. The first-order valence-electron chi connectivity index (χ1n) is 12.1. The number of urea groups is 1. The monoisotopic (exact) mass is 502 g/mol. The van der Waals surface area contributed by atoms with Gasteiger partial charge in [0.15, 0.2) is 11.5 Å². The minimum Gasteiger partial charge on any atom is -0.493 e. The number of rotatable bonds is 8. The average molecular weight is 503 g/mol. The molecule has 190 valence electrons. The molecular formula is C26H35ClN4O4. The van der Waals surface area contributed by atoms with Crippen molar-refractivity contribution in [1.82, 2.24) is 15.5 Å². The molecule has 0 spiro atoms. The molecule has 0 radical (unpaired) electrons. The second-order valence-corrected chi connectivity index (χ2v) is 9.59. The predicted octanol–water partition coefficient (Wildman–Crippen LogP) is 3.78. The van der Waals surface area contributed by atoms with Crippen molar-refractivity contribution in [2.24, 2.45) is 5.92 Å². The summed E-state index contributed by atoms with van der Waals surface area (Å²) in [6, 6.07) is 11.7. The van der Waals surface area contributed by atoms with E-state index < -0.39 is 0 Å². The Kier molecular flexibility index (Phi) is 8.59. The lowest BCUT2D eigenvalue weighted by atomic mass is 9.89. The summed E-state index contributed by atoms with van der Waals surface area (Å²) >= 11 is 6.02. The number of benzene rings is 2. The number of likely N-dealkylation sites (tertiary alicyclic amines) is 1. The van der Waals surface area contributed by atoms with Gasteiger partial charge in [0.05, 0.1) is 33.1 Å². The molecule has 2 aliphatic heterocycles. The van der Waals surface area contributed by atoms with Gasteiger partial charge in [0.2, 0.25) is 5.75 Å². The van der Waals surface area contributed by atoms with Crippen molar-refractivity contribution in [3.05, 3.63) is 47.0 Å². The molecule has 2 aromatic carbocycles. The van der Waals surface area contributed by atoms with E-state index in [4.69, 9.17) is 25.8 Å². The van der Waals surface area contributed by atoms with Crippen LogP contribution < -0.4 is 30.2 Å². The molecule has 2 atom stereocenters. The zero-order valence-electron chi connectivity index (χ0n) is 20.6. The molecule has 0 saturated carbocycles. The summed E-state index contributed by atoms with van der Waals surface area (Å²) in [5.41, 5.74) is 1.92. The second kappa shape index (κ2) is 11.8. The van der Waals surface area contributed by atoms with Gasteiger partial charge in [-0.3, -0.25) is 4.90 Å². The third-order valence-electron chi connectivity index (χ3n) is 6.98. The number of hydrogen-bond acceptors (Lipinski definition) is 6. The third-order valence-corrected chi connectivity index (χ3v) is 7.23. The van der Waals surface area contributed by atoms with Crippen LogP contribution in [0, 0.1) is 5.92 Å². The van der Waals surface area contributed by atoms with Crippen LogP contribution in [0.5, 0.6) is 17.2 Å². The molecule has 0 aromatic heterocycles. The zero-order valence-corrected chi connectivity index (χ0v) is 21.4. The Bertz CT molecular complexity index is 970. The number of amides is 2. The van der Waals surface area contributed by atoms with Crippen molar-refractivity contribution in [2.45, 2.75) is 31.3 Å². The molecule has 8 nitrogen and oxygen atoms in total. The number of halogens is 1. The van der Waals surface area contributed by atoms with Gasteiger partial charge in [-0.05, 0) is 56.0 Å². The number of nitrogens with zero attached hydrogens (tertiary/aromatic N) is 1. The number of carbonyl (C=O) groups is 1. The van der Waals surface area contributed by atoms with Crippen LogP contribution in [0.15, 0.2) is 36.4 Å². The molecule has 0 unspecified atom stereocenters. The first-order chi connectivity index (χ1) is 17.0. The minimum atomic E-state index is -0.254. The van der Waals surface area contributed by atoms with Gasteiger partial charge in [-0.1, -0.05) is 23.7 Å². The van der Waals surface area contributed by atoms with E-state index in [9.17, 15) is 4.79 Å². The van der Waals surface area contributed by atoms with Crippen LogP contribution in [0.3, 0.4) is 0 Å². The predicted molar refractivity (Wildman–Crippen MR) is 138 cm³/mol. The van der Waals surface area contributed by atoms with Crippen LogP contribution in [0.4, 0.5) is 10.5 Å². The van der Waals surface area contributed by atoms with Crippen molar-refractivity contribution in [1.29, 1.82) is 0 Å². The maximum atomic E-state index is 12.8. The molecule has 2 saturated heterocycles. The van der Waals surface area contributed by atoms with Crippen molar-refractivity contribution in [3.8, 4) is 17.2 Å². The van der Waals surface area contributed by atoms with Crippen molar-refractivity contribution in [3.63, 3.8) is 0 Å². The van der Waals surface area contributed by atoms with Crippen molar-refractivity contribution < 1.29 is 19.0 Å². The van der Waals surface area contributed by atoms with Crippen LogP contribution >= 0.6 is 11.6 Å². The van der Waals surface area contributed by atoms with E-state index in [1.807, 2.05) is 12.1 Å². The number of nitrogens with one attached hydrogen (secondary N) is 3. The third kappa shape index (κ3) is 6.31. The fourth-order valence-electron chi connectivity index (χ4n) is 5.13. The Morgan fingerprint density at radius 2 is 1.69 bits per heavy atom. The smallest absolute Gasteiger partial charge is 0.319 e. The lowest BCUT2D eigenvalue weighted by molar-refractivity contribution is 0.127. The maximum absolute atomic E-state index is 12.8. The van der Waals surface area contributed by atoms with E-state index in [2.05, 4.69) is 33.0 Å². The number of hydrogen-bond donors (Lipinski definition) is 3. The summed E-state index contributed by atoms with van der Waals surface area (Å²) in [4.78, 5) is 15.4. The summed E-state index contributed by atoms with van der Waals surface area (Å²) < 4.78 is 16.1. The fraction of sp³-hybridized carbons (Fsp3) is 0.500. The Labute approximate surface area is 212 Å². The van der Waals surface area contributed by atoms with Gasteiger partial charge in [0, 0.05) is 36.3 Å². The number of methoxy groups -OCH3 is 3. The summed E-state index contributed by atoms with van der Waals surface area (Å²) in [6.07, 6.45) is 3.40. The van der Waals surface area contributed by atoms with Gasteiger partial charge in [-0.15, -0.1) is 0 Å². The number of piperidine rings is 1. The first-order valence-corrected chi connectivity index (χ1v) is 12.4. The maximum Gasteiger partial charge on any atom is 0.319 e. The van der Waals surface area contributed by atoms with Gasteiger partial charge in [-0.25, -0.2) is 4.79 Å². The molecule has 9 heteroatoms. The van der Waals surface area contributed by atoms with Crippen LogP contribution in [-0.4, -0.2) is 70.5 Å². The Balaban J connectivity index is 1.31. The number of ether oxygens (including phenoxy) is 3. The Morgan fingerprint density at radius 3 is 2.29 bits per heavy atom. The van der Waals surface area contributed by atoms with Crippen molar-refractivity contribution in [2.75, 3.05) is 52.8 Å². The molecule has 0 aliphatic carbocycles. The number of anilines is 1. The van der Waals surface area contributed by atoms with E-state index in [-0.39, 0.29) is 18.1 Å². The molecule has 2 heterocycles. The molecule has 3 N–H and O–H groups in total. The van der Waals surface area contributed by atoms with Gasteiger partial charge < -0.3 is 30.2 Å². The molecule has 2 aliphatic rings. The minimum absolute atomic E-state index is 0.0323. The van der Waals surface area contributed by atoms with Gasteiger partial charge in [0.1, 0.15) is 0 Å². The second-order valence-electron chi connectivity index (χ2n) is 9.15. The van der Waals surface area contributed by atoms with E-state index in [1.165, 1.54) is 5.56 Å². The Morgan fingerprint density at radius 1 is 1.03 bits per heavy atom. The van der Waals surface area contributed by atoms with Gasteiger partial charge in [0.25, 0.3) is 0 Å². The molecule has 2 fully saturated rings. The number of carbonyl (C=O) groups excluding carboxylic acids is 1. The zero-order chi connectivity index (χ0) is 24.8. The highest BCUT2D eigenvalue weighted by atomic mass is 35.5. The lowest BCUT2D eigenvalue weighted by Crippen LogP contribution is -2.54. The normalized spacial score (nSPS) is 20.9. The summed E-state index contributed by atoms with van der Waals surface area (Å²) in [5, 5.41) is 10.3. The fourth-order valence-corrected chi connectivity index (χ4v) is 5.25. The largest absolute Gasteiger partial charge is 0.493 e. The Hall–Kier alpha value is -2.68. The summed E-state index contributed by atoms with van der Waals surface area (Å²) in [7, 11) is 4.65. The SMILES string of the molecule is COc1cc(NC(=O)N[C@H]2CNC[C@@H]2N2CCC(Cc3ccc(Cl)cc3)CC2)cc(OC)c1OC. The molecule has 2 amide bonds. The average Bonchev–Trinajstić information content (AvgIpc) is 3.33. The van der Waals surface area contributed by atoms with E-state index in [0.717, 1.165) is 50.5 Å². The highest BCUT2D eigenvalue weighted by molar-refractivity contribution is 6.30. The highest BCUT2D eigenvalue weighted by Crippen LogP contribution is 2.40. The van der Waals surface area contributed by atoms with Crippen LogP contribution in [0.1, 0.15) is 18.4 Å². The van der Waals surface area contributed by atoms with Crippen molar-refractivity contribution >= 4 is 23.3 Å². The summed E-state index contributed by atoms with van der Waals surface area (Å²) in [5.74, 6) is 2.14.